The Kier molecular flexibility index (Phi) is 4.79. The van der Waals surface area contributed by atoms with Gasteiger partial charge in [0.2, 0.25) is 0 Å². The van der Waals surface area contributed by atoms with Crippen molar-refractivity contribution >= 4 is 0 Å². The molecule has 1 N–H and O–H groups in total. The van der Waals surface area contributed by atoms with Gasteiger partial charge in [0.15, 0.2) is 0 Å². The van der Waals surface area contributed by atoms with Crippen molar-refractivity contribution in [3.8, 4) is 0 Å². The lowest BCUT2D eigenvalue weighted by Gasteiger charge is -2.24. The Morgan fingerprint density at radius 1 is 1.15 bits per heavy atom. The van der Waals surface area contributed by atoms with Gasteiger partial charge in [0.05, 0.1) is 6.10 Å². The summed E-state index contributed by atoms with van der Waals surface area (Å²) in [5.74, 6) is 1.46. The molecule has 1 heteroatoms. The van der Waals surface area contributed by atoms with Crippen molar-refractivity contribution in [3.63, 3.8) is 0 Å². The van der Waals surface area contributed by atoms with Crippen molar-refractivity contribution in [1.82, 2.24) is 0 Å². The summed E-state index contributed by atoms with van der Waals surface area (Å²) in [6.45, 7) is 4.37. The molecule has 0 heterocycles. The molecule has 1 nitrogen and oxygen atoms in total. The molecule has 0 radical (unpaired) electrons. The monoisotopic (exact) mass is 184 g/mol. The first-order chi connectivity index (χ1) is 6.18. The first-order valence-electron chi connectivity index (χ1n) is 5.86. The maximum atomic E-state index is 9.77. The van der Waals surface area contributed by atoms with Gasteiger partial charge in [-0.2, -0.15) is 0 Å². The van der Waals surface area contributed by atoms with E-state index in [2.05, 4.69) is 13.8 Å². The van der Waals surface area contributed by atoms with Gasteiger partial charge in [-0.05, 0) is 24.7 Å². The molecular weight excluding hydrogens is 160 g/mol. The van der Waals surface area contributed by atoms with Crippen molar-refractivity contribution in [3.05, 3.63) is 0 Å². The van der Waals surface area contributed by atoms with E-state index in [1.165, 1.54) is 32.1 Å². The highest BCUT2D eigenvalue weighted by atomic mass is 16.3. The number of aliphatic hydroxyl groups is 1. The number of hydrogen-bond donors (Lipinski definition) is 1. The summed E-state index contributed by atoms with van der Waals surface area (Å²) in [6.07, 6.45) is 8.90. The van der Waals surface area contributed by atoms with E-state index in [4.69, 9.17) is 0 Å². The molecule has 0 aromatic heterocycles. The third-order valence-electron chi connectivity index (χ3n) is 3.07. The van der Waals surface area contributed by atoms with Gasteiger partial charge in [-0.25, -0.2) is 0 Å². The molecule has 1 atom stereocenters. The normalized spacial score (nSPS) is 22.2. The SMILES string of the molecule is CC(C)CC(O)CC1CCCCC1. The average molecular weight is 184 g/mol. The summed E-state index contributed by atoms with van der Waals surface area (Å²) in [6, 6.07) is 0. The quantitative estimate of drug-likeness (QED) is 0.710. The molecule has 0 aromatic carbocycles. The first-order valence-corrected chi connectivity index (χ1v) is 5.86. The van der Waals surface area contributed by atoms with Crippen molar-refractivity contribution < 1.29 is 5.11 Å². The molecule has 1 unspecified atom stereocenters. The number of aliphatic hydroxyl groups excluding tert-OH is 1. The molecule has 1 aliphatic rings. The standard InChI is InChI=1S/C12H24O/c1-10(2)8-12(13)9-11-6-4-3-5-7-11/h10-13H,3-9H2,1-2H3. The Labute approximate surface area is 82.5 Å². The molecule has 1 aliphatic carbocycles. The van der Waals surface area contributed by atoms with E-state index in [-0.39, 0.29) is 6.10 Å². The van der Waals surface area contributed by atoms with Gasteiger partial charge in [-0.15, -0.1) is 0 Å². The van der Waals surface area contributed by atoms with Crippen LogP contribution in [-0.4, -0.2) is 11.2 Å². The van der Waals surface area contributed by atoms with E-state index in [1.807, 2.05) is 0 Å². The molecule has 78 valence electrons. The predicted octanol–water partition coefficient (Wildman–Crippen LogP) is 3.36. The van der Waals surface area contributed by atoms with Crippen LogP contribution in [0.4, 0.5) is 0 Å². The Bertz CT molecular complexity index is 125. The lowest BCUT2D eigenvalue weighted by atomic mass is 9.84. The fourth-order valence-electron chi connectivity index (χ4n) is 2.45. The van der Waals surface area contributed by atoms with Gasteiger partial charge in [-0.3, -0.25) is 0 Å². The Balaban J connectivity index is 2.14. The van der Waals surface area contributed by atoms with Crippen LogP contribution in [0, 0.1) is 11.8 Å². The zero-order valence-corrected chi connectivity index (χ0v) is 9.13. The maximum absolute atomic E-state index is 9.77. The molecule has 1 rings (SSSR count). The largest absolute Gasteiger partial charge is 0.393 e. The summed E-state index contributed by atoms with van der Waals surface area (Å²) >= 11 is 0. The molecular formula is C12H24O. The second kappa shape index (κ2) is 5.64. The minimum Gasteiger partial charge on any atom is -0.393 e. The molecule has 0 saturated heterocycles. The van der Waals surface area contributed by atoms with Gasteiger partial charge in [0, 0.05) is 0 Å². The van der Waals surface area contributed by atoms with E-state index in [9.17, 15) is 5.11 Å². The summed E-state index contributed by atoms with van der Waals surface area (Å²) in [7, 11) is 0. The summed E-state index contributed by atoms with van der Waals surface area (Å²) in [5.41, 5.74) is 0. The topological polar surface area (TPSA) is 20.2 Å². The average Bonchev–Trinajstić information content (AvgIpc) is 2.04. The van der Waals surface area contributed by atoms with Gasteiger partial charge < -0.3 is 5.11 Å². The third kappa shape index (κ3) is 4.66. The second-order valence-electron chi connectivity index (χ2n) is 5.02. The molecule has 1 saturated carbocycles. The third-order valence-corrected chi connectivity index (χ3v) is 3.07. The number of hydrogen-bond acceptors (Lipinski definition) is 1. The molecule has 13 heavy (non-hydrogen) atoms. The van der Waals surface area contributed by atoms with Gasteiger partial charge in [0.1, 0.15) is 0 Å². The Morgan fingerprint density at radius 3 is 2.31 bits per heavy atom. The van der Waals surface area contributed by atoms with E-state index < -0.39 is 0 Å². The first kappa shape index (κ1) is 11.0. The van der Waals surface area contributed by atoms with Crippen LogP contribution >= 0.6 is 0 Å². The molecule has 0 bridgehead atoms. The fourth-order valence-corrected chi connectivity index (χ4v) is 2.45. The van der Waals surface area contributed by atoms with Crippen LogP contribution in [0.2, 0.25) is 0 Å². The molecule has 0 amide bonds. The minimum absolute atomic E-state index is 0.0388. The van der Waals surface area contributed by atoms with E-state index >= 15 is 0 Å². The summed E-state index contributed by atoms with van der Waals surface area (Å²) in [5, 5.41) is 9.77. The minimum atomic E-state index is -0.0388. The van der Waals surface area contributed by atoms with Crippen LogP contribution < -0.4 is 0 Å². The lowest BCUT2D eigenvalue weighted by molar-refractivity contribution is 0.109. The maximum Gasteiger partial charge on any atom is 0.0545 e. The van der Waals surface area contributed by atoms with Crippen LogP contribution in [0.25, 0.3) is 0 Å². The van der Waals surface area contributed by atoms with Gasteiger partial charge in [0.25, 0.3) is 0 Å². The van der Waals surface area contributed by atoms with Crippen molar-refractivity contribution in [2.75, 3.05) is 0 Å². The molecule has 0 aromatic rings. The number of rotatable bonds is 4. The Hall–Kier alpha value is -0.0400. The van der Waals surface area contributed by atoms with Crippen LogP contribution in [-0.2, 0) is 0 Å². The summed E-state index contributed by atoms with van der Waals surface area (Å²) < 4.78 is 0. The molecule has 0 aliphatic heterocycles. The smallest absolute Gasteiger partial charge is 0.0545 e. The van der Waals surface area contributed by atoms with Crippen LogP contribution in [0.1, 0.15) is 58.8 Å². The fraction of sp³-hybridized carbons (Fsp3) is 1.00. The zero-order chi connectivity index (χ0) is 9.68. The second-order valence-corrected chi connectivity index (χ2v) is 5.02. The van der Waals surface area contributed by atoms with Crippen LogP contribution in [0.3, 0.4) is 0 Å². The highest BCUT2D eigenvalue weighted by Crippen LogP contribution is 2.28. The van der Waals surface area contributed by atoms with Crippen molar-refractivity contribution in [1.29, 1.82) is 0 Å². The van der Waals surface area contributed by atoms with Gasteiger partial charge >= 0.3 is 0 Å². The van der Waals surface area contributed by atoms with E-state index in [0.717, 1.165) is 18.8 Å². The van der Waals surface area contributed by atoms with E-state index in [0.29, 0.717) is 5.92 Å². The van der Waals surface area contributed by atoms with Crippen LogP contribution in [0.15, 0.2) is 0 Å². The predicted molar refractivity (Wildman–Crippen MR) is 56.7 cm³/mol. The molecule has 1 fully saturated rings. The molecule has 0 spiro atoms. The van der Waals surface area contributed by atoms with Crippen molar-refractivity contribution in [2.45, 2.75) is 64.9 Å². The Morgan fingerprint density at radius 2 is 1.77 bits per heavy atom. The zero-order valence-electron chi connectivity index (χ0n) is 9.13. The lowest BCUT2D eigenvalue weighted by Crippen LogP contribution is -2.17. The highest BCUT2D eigenvalue weighted by Gasteiger charge is 2.17. The van der Waals surface area contributed by atoms with Crippen molar-refractivity contribution in [2.24, 2.45) is 11.8 Å². The van der Waals surface area contributed by atoms with E-state index in [1.54, 1.807) is 0 Å². The highest BCUT2D eigenvalue weighted by molar-refractivity contribution is 4.70. The van der Waals surface area contributed by atoms with Gasteiger partial charge in [-0.1, -0.05) is 46.0 Å². The summed E-state index contributed by atoms with van der Waals surface area (Å²) in [4.78, 5) is 0. The van der Waals surface area contributed by atoms with Crippen LogP contribution in [0.5, 0.6) is 0 Å².